The summed E-state index contributed by atoms with van der Waals surface area (Å²) < 4.78 is 11.6. The van der Waals surface area contributed by atoms with E-state index in [0.717, 1.165) is 6.42 Å². The number of aromatic nitrogens is 5. The van der Waals surface area contributed by atoms with Crippen molar-refractivity contribution in [3.63, 3.8) is 0 Å². The van der Waals surface area contributed by atoms with Gasteiger partial charge in [0, 0.05) is 11.1 Å². The third-order valence-corrected chi connectivity index (χ3v) is 4.77. The minimum absolute atomic E-state index is 0.0150. The highest BCUT2D eigenvalue weighted by Gasteiger charge is 2.25. The molecule has 174 valence electrons. The molecule has 0 aliphatic heterocycles. The molecule has 0 fully saturated rings. The van der Waals surface area contributed by atoms with Gasteiger partial charge in [-0.3, -0.25) is 4.79 Å². The summed E-state index contributed by atoms with van der Waals surface area (Å²) in [6, 6.07) is 13.6. The Bertz CT molecular complexity index is 1330. The van der Waals surface area contributed by atoms with E-state index in [1.165, 1.54) is 10.7 Å². The normalized spacial score (nSPS) is 11.4. The van der Waals surface area contributed by atoms with Crippen LogP contribution < -0.4 is 15.9 Å². The largest absolute Gasteiger partial charge is 0.508 e. The average molecular weight is 462 g/mol. The molecule has 2 aromatic heterocycles. The first-order valence-electron chi connectivity index (χ1n) is 10.4. The number of rotatable bonds is 8. The van der Waals surface area contributed by atoms with Crippen molar-refractivity contribution in [3.05, 3.63) is 59.8 Å². The number of hydrogen-bond acceptors (Lipinski definition) is 10. The Morgan fingerprint density at radius 3 is 2.71 bits per heavy atom. The summed E-state index contributed by atoms with van der Waals surface area (Å²) >= 11 is 0. The summed E-state index contributed by atoms with van der Waals surface area (Å²) in [5.41, 5.74) is 10.4. The third kappa shape index (κ3) is 4.70. The number of nitrogens with zero attached hydrogens (tertiary/aromatic N) is 6. The van der Waals surface area contributed by atoms with Crippen molar-refractivity contribution in [1.82, 2.24) is 30.7 Å². The summed E-state index contributed by atoms with van der Waals surface area (Å²) in [6.07, 6.45) is 0.879. The number of carbonyl (C=O) groups is 1. The number of hydrogen-bond donors (Lipinski definition) is 3. The van der Waals surface area contributed by atoms with Crippen LogP contribution in [-0.2, 0) is 0 Å². The van der Waals surface area contributed by atoms with E-state index in [1.807, 2.05) is 6.92 Å². The predicted molar refractivity (Wildman–Crippen MR) is 123 cm³/mol. The second-order valence-corrected chi connectivity index (χ2v) is 7.23. The van der Waals surface area contributed by atoms with Crippen LogP contribution in [0.5, 0.6) is 11.5 Å². The van der Waals surface area contributed by atoms with Gasteiger partial charge in [0.05, 0.1) is 12.3 Å². The van der Waals surface area contributed by atoms with Gasteiger partial charge < -0.3 is 15.6 Å². The number of anilines is 1. The number of phenols is 1. The van der Waals surface area contributed by atoms with Gasteiger partial charge in [-0.05, 0) is 60.1 Å². The molecule has 4 rings (SSSR count). The van der Waals surface area contributed by atoms with Gasteiger partial charge in [0.2, 0.25) is 11.6 Å². The number of ether oxygens (including phenoxy) is 1. The first-order valence-corrected chi connectivity index (χ1v) is 10.4. The molecule has 2 aromatic carbocycles. The zero-order valence-electron chi connectivity index (χ0n) is 18.5. The van der Waals surface area contributed by atoms with Crippen molar-refractivity contribution in [2.24, 2.45) is 5.10 Å². The number of nitrogens with two attached hydrogens (primary N) is 1. The van der Waals surface area contributed by atoms with Gasteiger partial charge in [0.25, 0.3) is 5.91 Å². The van der Waals surface area contributed by atoms with Crippen molar-refractivity contribution in [2.75, 3.05) is 12.3 Å². The number of nitrogens with one attached hydrogen (secondary N) is 1. The number of aromatic hydroxyl groups is 1. The molecule has 0 aliphatic carbocycles. The van der Waals surface area contributed by atoms with E-state index in [4.69, 9.17) is 10.5 Å². The Kier molecular flexibility index (Phi) is 6.48. The first kappa shape index (κ1) is 22.5. The van der Waals surface area contributed by atoms with Crippen LogP contribution in [-0.4, -0.2) is 48.6 Å². The second-order valence-electron chi connectivity index (χ2n) is 7.23. The lowest BCUT2D eigenvalue weighted by atomic mass is 10.1. The lowest BCUT2D eigenvalue weighted by molar-refractivity contribution is 0.0950. The summed E-state index contributed by atoms with van der Waals surface area (Å²) in [5, 5.41) is 29.2. The zero-order valence-corrected chi connectivity index (χ0v) is 18.5. The van der Waals surface area contributed by atoms with E-state index < -0.39 is 5.91 Å². The van der Waals surface area contributed by atoms with E-state index in [1.54, 1.807) is 49.4 Å². The number of nitrogen functional groups attached to an aromatic ring is 1. The molecule has 0 saturated heterocycles. The van der Waals surface area contributed by atoms with E-state index in [-0.39, 0.29) is 23.1 Å². The average Bonchev–Trinajstić information content (AvgIpc) is 3.47. The maximum absolute atomic E-state index is 13.0. The van der Waals surface area contributed by atoms with E-state index in [2.05, 4.69) is 35.8 Å². The fourth-order valence-corrected chi connectivity index (χ4v) is 3.09. The van der Waals surface area contributed by atoms with Gasteiger partial charge in [0.1, 0.15) is 17.2 Å². The standard InChI is InChI=1S/C22H22N8O4/c1-3-11-33-17-9-7-14(8-10-17)19-18(25-29-30(19)21-20(23)27-34-28-21)22(32)26-24-13(2)15-5-4-6-16(31)12-15/h4-10,12,31H,3,11H2,1-2H3,(H2,23,27)(H,26,32). The summed E-state index contributed by atoms with van der Waals surface area (Å²) in [5.74, 6) is 0.242. The molecule has 0 spiro atoms. The topological polar surface area (TPSA) is 167 Å². The summed E-state index contributed by atoms with van der Waals surface area (Å²) in [4.78, 5) is 13.0. The Hall–Kier alpha value is -4.74. The Morgan fingerprint density at radius 2 is 2.03 bits per heavy atom. The number of hydrazone groups is 1. The fraction of sp³-hybridized carbons (Fsp3) is 0.182. The van der Waals surface area contributed by atoms with Crippen LogP contribution in [0.2, 0.25) is 0 Å². The number of carbonyl (C=O) groups excluding carboxylic acids is 1. The predicted octanol–water partition coefficient (Wildman–Crippen LogP) is 2.55. The Morgan fingerprint density at radius 1 is 1.24 bits per heavy atom. The maximum atomic E-state index is 13.0. The van der Waals surface area contributed by atoms with Crippen molar-refractivity contribution < 1.29 is 19.3 Å². The molecule has 12 nitrogen and oxygen atoms in total. The highest BCUT2D eigenvalue weighted by Crippen LogP contribution is 2.28. The smallest absolute Gasteiger partial charge is 0.294 e. The fourth-order valence-electron chi connectivity index (χ4n) is 3.09. The van der Waals surface area contributed by atoms with Crippen molar-refractivity contribution >= 4 is 17.4 Å². The van der Waals surface area contributed by atoms with Crippen molar-refractivity contribution in [1.29, 1.82) is 0 Å². The molecule has 0 atom stereocenters. The monoisotopic (exact) mass is 462 g/mol. The van der Waals surface area contributed by atoms with E-state index >= 15 is 0 Å². The van der Waals surface area contributed by atoms with Gasteiger partial charge in [-0.15, -0.1) is 5.10 Å². The van der Waals surface area contributed by atoms with Gasteiger partial charge >= 0.3 is 0 Å². The minimum atomic E-state index is -0.609. The molecule has 4 aromatic rings. The Balaban J connectivity index is 1.68. The molecule has 4 N–H and O–H groups in total. The third-order valence-electron chi connectivity index (χ3n) is 4.77. The molecule has 12 heteroatoms. The second kappa shape index (κ2) is 9.81. The van der Waals surface area contributed by atoms with Crippen molar-refractivity contribution in [3.8, 4) is 28.6 Å². The number of phenolic OH excluding ortho intramolecular Hbond substituents is 1. The SMILES string of the molecule is CCCOc1ccc(-c2c(C(=O)NN=C(C)c3cccc(O)c3)nnn2-c2nonc2N)cc1. The summed E-state index contributed by atoms with van der Waals surface area (Å²) in [6.45, 7) is 4.30. The maximum Gasteiger partial charge on any atom is 0.294 e. The van der Waals surface area contributed by atoms with Crippen LogP contribution >= 0.6 is 0 Å². The molecule has 0 aliphatic rings. The van der Waals surface area contributed by atoms with E-state index in [9.17, 15) is 9.90 Å². The van der Waals surface area contributed by atoms with Gasteiger partial charge in [-0.1, -0.05) is 24.3 Å². The van der Waals surface area contributed by atoms with Crippen LogP contribution in [0.15, 0.2) is 58.3 Å². The molecular weight excluding hydrogens is 440 g/mol. The van der Waals surface area contributed by atoms with Gasteiger partial charge in [0.15, 0.2) is 5.69 Å². The highest BCUT2D eigenvalue weighted by molar-refractivity contribution is 6.02. The first-order chi connectivity index (χ1) is 16.5. The van der Waals surface area contributed by atoms with Crippen molar-refractivity contribution in [2.45, 2.75) is 20.3 Å². The van der Waals surface area contributed by atoms with Crippen LogP contribution in [0.4, 0.5) is 5.82 Å². The molecule has 0 unspecified atom stereocenters. The Labute approximate surface area is 194 Å². The highest BCUT2D eigenvalue weighted by atomic mass is 16.6. The molecule has 0 radical (unpaired) electrons. The number of benzene rings is 2. The molecular formula is C22H22N8O4. The molecule has 0 saturated carbocycles. The van der Waals surface area contributed by atoms with Crippen LogP contribution in [0, 0.1) is 0 Å². The number of amides is 1. The lowest BCUT2D eigenvalue weighted by Crippen LogP contribution is -2.21. The molecule has 1 amide bonds. The molecule has 2 heterocycles. The van der Waals surface area contributed by atoms with Gasteiger partial charge in [-0.2, -0.15) is 9.78 Å². The summed E-state index contributed by atoms with van der Waals surface area (Å²) in [7, 11) is 0. The lowest BCUT2D eigenvalue weighted by Gasteiger charge is -2.08. The van der Waals surface area contributed by atoms with Crippen LogP contribution in [0.25, 0.3) is 17.1 Å². The minimum Gasteiger partial charge on any atom is -0.508 e. The van der Waals surface area contributed by atoms with Crippen LogP contribution in [0.3, 0.4) is 0 Å². The van der Waals surface area contributed by atoms with Crippen LogP contribution in [0.1, 0.15) is 36.3 Å². The van der Waals surface area contributed by atoms with E-state index in [0.29, 0.717) is 34.9 Å². The quantitative estimate of drug-likeness (QED) is 0.263. The van der Waals surface area contributed by atoms with Gasteiger partial charge in [-0.25, -0.2) is 10.1 Å². The molecule has 34 heavy (non-hydrogen) atoms. The zero-order chi connectivity index (χ0) is 24.1. The molecule has 0 bridgehead atoms.